The average Bonchev–Trinajstić information content (AvgIpc) is 3.19. The van der Waals surface area contributed by atoms with Crippen LogP contribution in [0.4, 0.5) is 0 Å². The number of carbonyl (C=O) groups is 2. The highest BCUT2D eigenvalue weighted by molar-refractivity contribution is 5.95. The summed E-state index contributed by atoms with van der Waals surface area (Å²) in [5, 5.41) is 18.9. The first kappa shape index (κ1) is 22.8. The third-order valence-corrected chi connectivity index (χ3v) is 4.04. The predicted octanol–water partition coefficient (Wildman–Crippen LogP) is 3.83. The number of carboxylic acids is 1. The van der Waals surface area contributed by atoms with Crippen LogP contribution in [0, 0.1) is 0 Å². The smallest absolute Gasteiger partial charge is 0.329 e. The molecule has 0 spiro atoms. The second-order valence-electron chi connectivity index (χ2n) is 7.00. The SMILES string of the molecule is C=C/C=C(\C=C/C(C)OCC(=O)O)c1cc(-c2cccc(C(=O)NC(C)C)c2)n[nH]1. The van der Waals surface area contributed by atoms with Gasteiger partial charge in [0.05, 0.1) is 17.5 Å². The van der Waals surface area contributed by atoms with Gasteiger partial charge in [-0.15, -0.1) is 0 Å². The first-order chi connectivity index (χ1) is 14.3. The molecule has 7 nitrogen and oxygen atoms in total. The Labute approximate surface area is 176 Å². The maximum absolute atomic E-state index is 12.3. The largest absolute Gasteiger partial charge is 0.480 e. The minimum atomic E-state index is -1.01. The van der Waals surface area contributed by atoms with Gasteiger partial charge in [0.2, 0.25) is 0 Å². The van der Waals surface area contributed by atoms with E-state index in [0.29, 0.717) is 11.3 Å². The number of aliphatic carboxylic acids is 1. The molecule has 0 saturated heterocycles. The second kappa shape index (κ2) is 10.9. The molecule has 1 amide bonds. The highest BCUT2D eigenvalue weighted by Gasteiger charge is 2.11. The predicted molar refractivity (Wildman–Crippen MR) is 117 cm³/mol. The van der Waals surface area contributed by atoms with Crippen LogP contribution in [-0.4, -0.2) is 45.9 Å². The van der Waals surface area contributed by atoms with E-state index in [9.17, 15) is 9.59 Å². The second-order valence-corrected chi connectivity index (χ2v) is 7.00. The fourth-order valence-corrected chi connectivity index (χ4v) is 2.64. The fourth-order valence-electron chi connectivity index (χ4n) is 2.64. The van der Waals surface area contributed by atoms with Crippen molar-refractivity contribution >= 4 is 17.4 Å². The van der Waals surface area contributed by atoms with E-state index in [1.165, 1.54) is 0 Å². The number of amides is 1. The van der Waals surface area contributed by atoms with Crippen molar-refractivity contribution in [1.82, 2.24) is 15.5 Å². The summed E-state index contributed by atoms with van der Waals surface area (Å²) in [7, 11) is 0. The summed E-state index contributed by atoms with van der Waals surface area (Å²) in [4.78, 5) is 22.9. The highest BCUT2D eigenvalue weighted by atomic mass is 16.5. The van der Waals surface area contributed by atoms with Gasteiger partial charge in [0, 0.05) is 17.2 Å². The van der Waals surface area contributed by atoms with E-state index in [0.717, 1.165) is 16.8 Å². The van der Waals surface area contributed by atoms with E-state index >= 15 is 0 Å². The first-order valence-corrected chi connectivity index (χ1v) is 9.61. The van der Waals surface area contributed by atoms with Crippen LogP contribution >= 0.6 is 0 Å². The Morgan fingerprint density at radius 2 is 2.07 bits per heavy atom. The lowest BCUT2D eigenvalue weighted by Gasteiger charge is -2.08. The Kier molecular flexibility index (Phi) is 8.31. The summed E-state index contributed by atoms with van der Waals surface area (Å²) in [6, 6.07) is 9.20. The number of hydrogen-bond donors (Lipinski definition) is 3. The molecule has 2 aromatic rings. The molecule has 0 radical (unpaired) electrons. The number of nitrogens with one attached hydrogen (secondary N) is 2. The minimum absolute atomic E-state index is 0.0541. The van der Waals surface area contributed by atoms with Crippen molar-refractivity contribution in [3.8, 4) is 11.3 Å². The number of aromatic amines is 1. The Bertz CT molecular complexity index is 957. The molecule has 7 heteroatoms. The Balaban J connectivity index is 2.21. The highest BCUT2D eigenvalue weighted by Crippen LogP contribution is 2.23. The zero-order valence-corrected chi connectivity index (χ0v) is 17.4. The lowest BCUT2D eigenvalue weighted by Crippen LogP contribution is -2.30. The van der Waals surface area contributed by atoms with Crippen molar-refractivity contribution in [2.75, 3.05) is 6.61 Å². The number of benzene rings is 1. The van der Waals surface area contributed by atoms with Gasteiger partial charge in [0.15, 0.2) is 0 Å². The number of hydrogen-bond acceptors (Lipinski definition) is 4. The molecule has 0 saturated carbocycles. The molecule has 158 valence electrons. The summed E-state index contributed by atoms with van der Waals surface area (Å²) in [5.41, 5.74) is 3.64. The quantitative estimate of drug-likeness (QED) is 0.517. The molecule has 30 heavy (non-hydrogen) atoms. The van der Waals surface area contributed by atoms with Gasteiger partial charge in [-0.25, -0.2) is 4.79 Å². The molecule has 0 aliphatic rings. The molecule has 3 N–H and O–H groups in total. The van der Waals surface area contributed by atoms with Crippen molar-refractivity contribution in [1.29, 1.82) is 0 Å². The number of ether oxygens (including phenoxy) is 1. The zero-order valence-electron chi connectivity index (χ0n) is 17.4. The zero-order chi connectivity index (χ0) is 22.1. The number of carbonyl (C=O) groups excluding carboxylic acids is 1. The van der Waals surface area contributed by atoms with Crippen LogP contribution in [0.2, 0.25) is 0 Å². The molecule has 2 rings (SSSR count). The van der Waals surface area contributed by atoms with Crippen molar-refractivity contribution in [3.63, 3.8) is 0 Å². The van der Waals surface area contributed by atoms with Gasteiger partial charge in [0.1, 0.15) is 6.61 Å². The van der Waals surface area contributed by atoms with Crippen molar-refractivity contribution in [2.45, 2.75) is 32.9 Å². The number of H-pyrrole nitrogens is 1. The molecule has 1 unspecified atom stereocenters. The van der Waals surface area contributed by atoms with Gasteiger partial charge in [0.25, 0.3) is 5.91 Å². The molecule has 0 aliphatic heterocycles. The van der Waals surface area contributed by atoms with E-state index in [2.05, 4.69) is 22.1 Å². The number of allylic oxidation sites excluding steroid dienone is 4. The minimum Gasteiger partial charge on any atom is -0.480 e. The molecule has 1 heterocycles. The number of carboxylic acid groups (broad SMARTS) is 1. The monoisotopic (exact) mass is 409 g/mol. The van der Waals surface area contributed by atoms with Crippen LogP contribution in [0.15, 0.2) is 61.2 Å². The van der Waals surface area contributed by atoms with Crippen molar-refractivity contribution < 1.29 is 19.4 Å². The lowest BCUT2D eigenvalue weighted by atomic mass is 10.1. The molecule has 0 bridgehead atoms. The van der Waals surface area contributed by atoms with E-state index in [4.69, 9.17) is 9.84 Å². The van der Waals surface area contributed by atoms with E-state index < -0.39 is 5.97 Å². The van der Waals surface area contributed by atoms with Crippen LogP contribution in [0.3, 0.4) is 0 Å². The molecule has 1 aromatic heterocycles. The summed E-state index contributed by atoms with van der Waals surface area (Å²) >= 11 is 0. The standard InChI is InChI=1S/C23H27N3O4/c1-5-7-17(11-10-16(4)30-14-22(27)28)20-13-21(26-25-20)18-8-6-9-19(12-18)23(29)24-15(2)3/h5-13,15-16H,1,14H2,2-4H3,(H,24,29)(H,25,26)(H,27,28)/b11-10-,17-7+. The van der Waals surface area contributed by atoms with Gasteiger partial charge in [-0.3, -0.25) is 9.89 Å². The summed E-state index contributed by atoms with van der Waals surface area (Å²) in [6.45, 7) is 8.96. The first-order valence-electron chi connectivity index (χ1n) is 9.61. The van der Waals surface area contributed by atoms with E-state index in [1.54, 1.807) is 31.2 Å². The Morgan fingerprint density at radius 1 is 1.30 bits per heavy atom. The van der Waals surface area contributed by atoms with Gasteiger partial charge >= 0.3 is 5.97 Å². The molecule has 0 fully saturated rings. The molecule has 1 aromatic carbocycles. The topological polar surface area (TPSA) is 104 Å². The molecular weight excluding hydrogens is 382 g/mol. The normalized spacial score (nSPS) is 12.9. The third kappa shape index (κ3) is 6.86. The number of nitrogens with zero attached hydrogens (tertiary/aromatic N) is 1. The summed E-state index contributed by atoms with van der Waals surface area (Å²) < 4.78 is 5.20. The average molecular weight is 409 g/mol. The van der Waals surface area contributed by atoms with Gasteiger partial charge in [-0.2, -0.15) is 5.10 Å². The van der Waals surface area contributed by atoms with Crippen LogP contribution in [0.5, 0.6) is 0 Å². The summed E-state index contributed by atoms with van der Waals surface area (Å²) in [6.07, 6.45) is 6.67. The van der Waals surface area contributed by atoms with Gasteiger partial charge in [-0.05, 0) is 44.5 Å². The van der Waals surface area contributed by atoms with Crippen LogP contribution < -0.4 is 5.32 Å². The van der Waals surface area contributed by atoms with Gasteiger partial charge in [-0.1, -0.05) is 43.0 Å². The van der Waals surface area contributed by atoms with Crippen molar-refractivity contribution in [3.05, 3.63) is 72.5 Å². The fraction of sp³-hybridized carbons (Fsp3) is 0.261. The summed E-state index contributed by atoms with van der Waals surface area (Å²) in [5.74, 6) is -1.15. The van der Waals surface area contributed by atoms with Crippen LogP contribution in [-0.2, 0) is 9.53 Å². The van der Waals surface area contributed by atoms with Gasteiger partial charge < -0.3 is 15.2 Å². The van der Waals surface area contributed by atoms with E-state index in [1.807, 2.05) is 44.2 Å². The number of aromatic nitrogens is 2. The van der Waals surface area contributed by atoms with Crippen LogP contribution in [0.1, 0.15) is 36.8 Å². The lowest BCUT2D eigenvalue weighted by molar-refractivity contribution is -0.143. The molecule has 0 aliphatic carbocycles. The maximum atomic E-state index is 12.3. The maximum Gasteiger partial charge on any atom is 0.329 e. The molecule has 1 atom stereocenters. The number of rotatable bonds is 10. The molecular formula is C23H27N3O4. The van der Waals surface area contributed by atoms with Crippen LogP contribution in [0.25, 0.3) is 16.8 Å². The van der Waals surface area contributed by atoms with E-state index in [-0.39, 0.29) is 24.7 Å². The Morgan fingerprint density at radius 3 is 2.73 bits per heavy atom. The third-order valence-electron chi connectivity index (χ3n) is 4.04. The van der Waals surface area contributed by atoms with Crippen molar-refractivity contribution in [2.24, 2.45) is 0 Å². The Hall–Kier alpha value is -3.45.